The summed E-state index contributed by atoms with van der Waals surface area (Å²) in [4.78, 5) is 4.01. The minimum atomic E-state index is -0.0717. The number of hydrazone groups is 1. The average molecular weight is 342 g/mol. The van der Waals surface area contributed by atoms with Crippen molar-refractivity contribution < 1.29 is 14.6 Å². The summed E-state index contributed by atoms with van der Waals surface area (Å²) < 4.78 is 10.1. The first-order valence-electron chi connectivity index (χ1n) is 6.10. The number of phenolic OH excluding ortho intramolecular Hbond substituents is 1. The van der Waals surface area contributed by atoms with Crippen LogP contribution in [0.5, 0.6) is 17.2 Å². The van der Waals surface area contributed by atoms with Gasteiger partial charge in [0.25, 0.3) is 0 Å². The van der Waals surface area contributed by atoms with E-state index in [1.807, 2.05) is 0 Å². The van der Waals surface area contributed by atoms with Crippen molar-refractivity contribution in [1.82, 2.24) is 4.98 Å². The lowest BCUT2D eigenvalue weighted by Crippen LogP contribution is -1.96. The Kier molecular flexibility index (Phi) is 5.30. The van der Waals surface area contributed by atoms with Gasteiger partial charge in [0.05, 0.1) is 30.5 Å². The van der Waals surface area contributed by atoms with Crippen molar-refractivity contribution in [3.05, 3.63) is 40.0 Å². The SMILES string of the molecule is COc1cc(/C=N/Nc2ncc(Cl)cc2Cl)cc(OC)c1O. The fourth-order valence-electron chi connectivity index (χ4n) is 1.65. The third-order valence-corrected chi connectivity index (χ3v) is 3.19. The number of nitrogens with one attached hydrogen (secondary N) is 1. The van der Waals surface area contributed by atoms with E-state index in [4.69, 9.17) is 32.7 Å². The van der Waals surface area contributed by atoms with Crippen LogP contribution >= 0.6 is 23.2 Å². The molecule has 1 heterocycles. The second-order valence-electron chi connectivity index (χ2n) is 4.13. The summed E-state index contributed by atoms with van der Waals surface area (Å²) in [5.41, 5.74) is 3.36. The van der Waals surface area contributed by atoms with Crippen LogP contribution in [0.15, 0.2) is 29.5 Å². The van der Waals surface area contributed by atoms with Crippen LogP contribution in [0.25, 0.3) is 0 Å². The molecule has 0 spiro atoms. The third kappa shape index (κ3) is 3.72. The van der Waals surface area contributed by atoms with E-state index in [1.165, 1.54) is 26.6 Å². The zero-order valence-electron chi connectivity index (χ0n) is 11.8. The number of ether oxygens (including phenoxy) is 2. The van der Waals surface area contributed by atoms with E-state index in [2.05, 4.69) is 15.5 Å². The Morgan fingerprint density at radius 2 is 1.82 bits per heavy atom. The van der Waals surface area contributed by atoms with Gasteiger partial charge < -0.3 is 14.6 Å². The minimum absolute atomic E-state index is 0.0717. The van der Waals surface area contributed by atoms with E-state index in [1.54, 1.807) is 18.2 Å². The highest BCUT2D eigenvalue weighted by Gasteiger charge is 2.10. The second-order valence-corrected chi connectivity index (χ2v) is 4.97. The van der Waals surface area contributed by atoms with E-state index < -0.39 is 0 Å². The van der Waals surface area contributed by atoms with Crippen molar-refractivity contribution in [2.24, 2.45) is 5.10 Å². The molecule has 6 nitrogen and oxygen atoms in total. The predicted molar refractivity (Wildman–Crippen MR) is 86.7 cm³/mol. The van der Waals surface area contributed by atoms with E-state index in [9.17, 15) is 5.11 Å². The average Bonchev–Trinajstić information content (AvgIpc) is 2.50. The first-order chi connectivity index (χ1) is 10.5. The number of nitrogens with zero attached hydrogens (tertiary/aromatic N) is 2. The Bertz CT molecular complexity index is 683. The Labute approximate surface area is 137 Å². The van der Waals surface area contributed by atoms with Crippen molar-refractivity contribution in [1.29, 1.82) is 0 Å². The van der Waals surface area contributed by atoms with Crippen LogP contribution in [0.2, 0.25) is 10.0 Å². The number of anilines is 1. The first-order valence-corrected chi connectivity index (χ1v) is 6.86. The maximum atomic E-state index is 9.83. The standard InChI is InChI=1S/C14H13Cl2N3O3/c1-21-11-3-8(4-12(22-2)13(11)20)6-18-19-14-10(16)5-9(15)7-17-14/h3-7,20H,1-2H3,(H,17,19)/b18-6+. The summed E-state index contributed by atoms with van der Waals surface area (Å²) in [6.45, 7) is 0. The summed E-state index contributed by atoms with van der Waals surface area (Å²) in [5, 5.41) is 14.6. The topological polar surface area (TPSA) is 76.0 Å². The highest BCUT2D eigenvalue weighted by molar-refractivity contribution is 6.35. The molecule has 8 heteroatoms. The molecule has 2 N–H and O–H groups in total. The number of pyridine rings is 1. The summed E-state index contributed by atoms with van der Waals surface area (Å²) in [5.74, 6) is 0.865. The van der Waals surface area contributed by atoms with Gasteiger partial charge in [-0.25, -0.2) is 4.98 Å². The van der Waals surface area contributed by atoms with Crippen LogP contribution in [0.1, 0.15) is 5.56 Å². The Morgan fingerprint density at radius 3 is 2.36 bits per heavy atom. The highest BCUT2D eigenvalue weighted by atomic mass is 35.5. The Morgan fingerprint density at radius 1 is 1.18 bits per heavy atom. The molecule has 0 amide bonds. The largest absolute Gasteiger partial charge is 0.502 e. The Hall–Kier alpha value is -2.18. The van der Waals surface area contributed by atoms with Crippen molar-refractivity contribution in [2.75, 3.05) is 19.6 Å². The van der Waals surface area contributed by atoms with Gasteiger partial charge in [-0.2, -0.15) is 5.10 Å². The maximum Gasteiger partial charge on any atom is 0.200 e. The minimum Gasteiger partial charge on any atom is -0.502 e. The van der Waals surface area contributed by atoms with Crippen LogP contribution in [-0.4, -0.2) is 30.5 Å². The molecule has 1 aromatic heterocycles. The summed E-state index contributed by atoms with van der Waals surface area (Å²) in [6.07, 6.45) is 2.97. The van der Waals surface area contributed by atoms with Crippen LogP contribution in [0.3, 0.4) is 0 Å². The summed E-state index contributed by atoms with van der Waals surface area (Å²) >= 11 is 11.7. The molecular formula is C14H13Cl2N3O3. The third-order valence-electron chi connectivity index (χ3n) is 2.69. The number of benzene rings is 1. The molecule has 0 unspecified atom stereocenters. The van der Waals surface area contributed by atoms with Crippen molar-refractivity contribution in [3.63, 3.8) is 0 Å². The van der Waals surface area contributed by atoms with E-state index >= 15 is 0 Å². The number of hydrogen-bond donors (Lipinski definition) is 2. The molecule has 0 aliphatic rings. The van der Waals surface area contributed by atoms with Gasteiger partial charge in [-0.1, -0.05) is 23.2 Å². The fourth-order valence-corrected chi connectivity index (χ4v) is 2.08. The molecule has 22 heavy (non-hydrogen) atoms. The van der Waals surface area contributed by atoms with Gasteiger partial charge in [0.2, 0.25) is 5.75 Å². The second kappa shape index (κ2) is 7.20. The summed E-state index contributed by atoms with van der Waals surface area (Å²) in [6, 6.07) is 4.78. The van der Waals surface area contributed by atoms with Gasteiger partial charge in [0, 0.05) is 11.8 Å². The molecule has 0 saturated carbocycles. The molecule has 0 radical (unpaired) electrons. The molecule has 0 aliphatic carbocycles. The monoisotopic (exact) mass is 341 g/mol. The van der Waals surface area contributed by atoms with E-state index in [0.29, 0.717) is 21.4 Å². The summed E-state index contributed by atoms with van der Waals surface area (Å²) in [7, 11) is 2.90. The number of methoxy groups -OCH3 is 2. The van der Waals surface area contributed by atoms with Gasteiger partial charge >= 0.3 is 0 Å². The quantitative estimate of drug-likeness (QED) is 0.642. The normalized spacial score (nSPS) is 10.7. The maximum absolute atomic E-state index is 9.83. The van der Waals surface area contributed by atoms with Crippen LogP contribution in [-0.2, 0) is 0 Å². The van der Waals surface area contributed by atoms with Crippen LogP contribution < -0.4 is 14.9 Å². The lowest BCUT2D eigenvalue weighted by molar-refractivity contribution is 0.340. The van der Waals surface area contributed by atoms with Gasteiger partial charge in [-0.3, -0.25) is 5.43 Å². The zero-order chi connectivity index (χ0) is 16.1. The van der Waals surface area contributed by atoms with Gasteiger partial charge in [-0.05, 0) is 18.2 Å². The van der Waals surface area contributed by atoms with Gasteiger partial charge in [0.1, 0.15) is 0 Å². The number of aromatic hydroxyl groups is 1. The molecule has 1 aromatic carbocycles. The van der Waals surface area contributed by atoms with Gasteiger partial charge in [0.15, 0.2) is 17.3 Å². The molecule has 2 rings (SSSR count). The number of hydrogen-bond acceptors (Lipinski definition) is 6. The molecule has 0 bridgehead atoms. The smallest absolute Gasteiger partial charge is 0.200 e. The van der Waals surface area contributed by atoms with Gasteiger partial charge in [-0.15, -0.1) is 0 Å². The highest BCUT2D eigenvalue weighted by Crippen LogP contribution is 2.36. The molecule has 0 atom stereocenters. The lowest BCUT2D eigenvalue weighted by Gasteiger charge is -2.09. The van der Waals surface area contributed by atoms with Crippen LogP contribution in [0, 0.1) is 0 Å². The predicted octanol–water partition coefficient (Wildman–Crippen LogP) is 3.56. The molecular weight excluding hydrogens is 329 g/mol. The fraction of sp³-hybridized carbons (Fsp3) is 0.143. The first kappa shape index (κ1) is 16.2. The van der Waals surface area contributed by atoms with E-state index in [-0.39, 0.29) is 17.2 Å². The number of halogens is 2. The lowest BCUT2D eigenvalue weighted by atomic mass is 10.2. The van der Waals surface area contributed by atoms with Crippen molar-refractivity contribution in [2.45, 2.75) is 0 Å². The Balaban J connectivity index is 2.19. The molecule has 0 aliphatic heterocycles. The molecule has 0 saturated heterocycles. The molecule has 116 valence electrons. The molecule has 0 fully saturated rings. The number of rotatable bonds is 5. The van der Waals surface area contributed by atoms with Crippen molar-refractivity contribution in [3.8, 4) is 17.2 Å². The number of aromatic nitrogens is 1. The number of phenols is 1. The van der Waals surface area contributed by atoms with E-state index in [0.717, 1.165) is 0 Å². The molecule has 2 aromatic rings. The zero-order valence-corrected chi connectivity index (χ0v) is 13.3. The van der Waals surface area contributed by atoms with Crippen LogP contribution in [0.4, 0.5) is 5.82 Å². The van der Waals surface area contributed by atoms with Crippen molar-refractivity contribution >= 4 is 35.2 Å².